The van der Waals surface area contributed by atoms with Gasteiger partial charge in [0.1, 0.15) is 6.04 Å². The number of amides is 1. The van der Waals surface area contributed by atoms with Crippen LogP contribution in [0.4, 0.5) is 0 Å². The van der Waals surface area contributed by atoms with Crippen LogP contribution in [0.3, 0.4) is 0 Å². The molecule has 1 aliphatic heterocycles. The summed E-state index contributed by atoms with van der Waals surface area (Å²) in [6, 6.07) is -0.805. The van der Waals surface area contributed by atoms with Crippen molar-refractivity contribution in [1.82, 2.24) is 10.6 Å². The molecule has 1 rings (SSSR count). The van der Waals surface area contributed by atoms with Crippen LogP contribution in [0.5, 0.6) is 0 Å². The zero-order valence-corrected chi connectivity index (χ0v) is 11.7. The minimum Gasteiger partial charge on any atom is -0.480 e. The molecule has 0 unspecified atom stereocenters. The third kappa shape index (κ3) is 4.18. The van der Waals surface area contributed by atoms with Crippen LogP contribution < -0.4 is 10.6 Å². The van der Waals surface area contributed by atoms with Crippen molar-refractivity contribution in [2.45, 2.75) is 38.6 Å². The van der Waals surface area contributed by atoms with Gasteiger partial charge in [-0.05, 0) is 32.4 Å². The van der Waals surface area contributed by atoms with E-state index in [-0.39, 0.29) is 5.91 Å². The summed E-state index contributed by atoms with van der Waals surface area (Å²) in [6.45, 7) is 3.74. The number of hydrogen-bond donors (Lipinski definition) is 3. The summed E-state index contributed by atoms with van der Waals surface area (Å²) in [7, 11) is 1.57. The average molecular weight is 272 g/mol. The molecule has 1 amide bonds. The second-order valence-electron chi connectivity index (χ2n) is 5.12. The van der Waals surface area contributed by atoms with E-state index in [1.54, 1.807) is 7.11 Å². The third-order valence-corrected chi connectivity index (χ3v) is 3.64. The molecule has 0 aromatic carbocycles. The smallest absolute Gasteiger partial charge is 0.326 e. The van der Waals surface area contributed by atoms with Crippen molar-refractivity contribution < 1.29 is 19.4 Å². The van der Waals surface area contributed by atoms with Crippen LogP contribution in [0, 0.1) is 5.41 Å². The molecular weight excluding hydrogens is 248 g/mol. The van der Waals surface area contributed by atoms with Crippen molar-refractivity contribution in [3.05, 3.63) is 0 Å². The number of carboxylic acid groups (broad SMARTS) is 1. The van der Waals surface area contributed by atoms with Gasteiger partial charge >= 0.3 is 5.97 Å². The highest BCUT2D eigenvalue weighted by atomic mass is 16.5. The lowest BCUT2D eigenvalue weighted by Gasteiger charge is -2.36. The van der Waals surface area contributed by atoms with Crippen molar-refractivity contribution in [2.24, 2.45) is 5.41 Å². The molecule has 1 heterocycles. The molecule has 0 spiro atoms. The van der Waals surface area contributed by atoms with Gasteiger partial charge in [-0.3, -0.25) is 4.79 Å². The number of carboxylic acids is 1. The summed E-state index contributed by atoms with van der Waals surface area (Å²) >= 11 is 0. The molecule has 0 aromatic rings. The van der Waals surface area contributed by atoms with Crippen LogP contribution in [0.15, 0.2) is 0 Å². The maximum Gasteiger partial charge on any atom is 0.326 e. The molecule has 110 valence electrons. The van der Waals surface area contributed by atoms with E-state index in [9.17, 15) is 9.59 Å². The van der Waals surface area contributed by atoms with E-state index in [0.717, 1.165) is 19.5 Å². The Morgan fingerprint density at radius 1 is 1.42 bits per heavy atom. The number of aliphatic carboxylic acids is 1. The Kier molecular flexibility index (Phi) is 6.24. The summed E-state index contributed by atoms with van der Waals surface area (Å²) in [4.78, 5) is 23.5. The van der Waals surface area contributed by atoms with E-state index in [1.165, 1.54) is 0 Å². The lowest BCUT2D eigenvalue weighted by atomic mass is 9.78. The monoisotopic (exact) mass is 272 g/mol. The predicted octanol–water partition coefficient (Wildman–Crippen LogP) is 0.372. The maximum atomic E-state index is 12.4. The van der Waals surface area contributed by atoms with E-state index < -0.39 is 17.4 Å². The molecule has 1 fully saturated rings. The SMILES string of the molecule is CCC[C@@H](NC(=O)C1(COC)CCNCC1)C(=O)O. The standard InChI is InChI=1S/C13H24N2O4/c1-3-4-10(11(16)17)15-12(18)13(9-19-2)5-7-14-8-6-13/h10,14H,3-9H2,1-2H3,(H,15,18)(H,16,17)/t10-/m1/s1. The minimum atomic E-state index is -0.975. The minimum absolute atomic E-state index is 0.197. The summed E-state index contributed by atoms with van der Waals surface area (Å²) < 4.78 is 5.17. The highest BCUT2D eigenvalue weighted by molar-refractivity contribution is 5.87. The molecule has 0 aliphatic carbocycles. The third-order valence-electron chi connectivity index (χ3n) is 3.64. The average Bonchev–Trinajstić information content (AvgIpc) is 2.39. The number of nitrogens with one attached hydrogen (secondary N) is 2. The van der Waals surface area contributed by atoms with Crippen LogP contribution >= 0.6 is 0 Å². The van der Waals surface area contributed by atoms with Gasteiger partial charge in [0.05, 0.1) is 12.0 Å². The van der Waals surface area contributed by atoms with E-state index in [1.807, 2.05) is 6.92 Å². The number of hydrogen-bond acceptors (Lipinski definition) is 4. The lowest BCUT2D eigenvalue weighted by molar-refractivity contribution is -0.146. The molecule has 6 nitrogen and oxygen atoms in total. The Bertz CT molecular complexity index is 308. The lowest BCUT2D eigenvalue weighted by Crippen LogP contribution is -2.53. The fraction of sp³-hybridized carbons (Fsp3) is 0.846. The van der Waals surface area contributed by atoms with Crippen molar-refractivity contribution in [1.29, 1.82) is 0 Å². The van der Waals surface area contributed by atoms with Gasteiger partial charge in [0, 0.05) is 7.11 Å². The first-order valence-corrected chi connectivity index (χ1v) is 6.79. The Balaban J connectivity index is 2.73. The second kappa shape index (κ2) is 7.45. The topological polar surface area (TPSA) is 87.7 Å². The number of carbonyl (C=O) groups is 2. The first kappa shape index (κ1) is 15.9. The number of methoxy groups -OCH3 is 1. The number of piperidine rings is 1. The van der Waals surface area contributed by atoms with Gasteiger partial charge in [-0.1, -0.05) is 13.3 Å². The van der Waals surface area contributed by atoms with E-state index in [2.05, 4.69) is 10.6 Å². The largest absolute Gasteiger partial charge is 0.480 e. The van der Waals surface area contributed by atoms with Gasteiger partial charge in [-0.15, -0.1) is 0 Å². The van der Waals surface area contributed by atoms with Crippen LogP contribution in [0.1, 0.15) is 32.6 Å². The number of carbonyl (C=O) groups excluding carboxylic acids is 1. The Labute approximate surface area is 113 Å². The van der Waals surface area contributed by atoms with E-state index in [0.29, 0.717) is 25.9 Å². The van der Waals surface area contributed by atoms with Crippen LogP contribution in [0.25, 0.3) is 0 Å². The highest BCUT2D eigenvalue weighted by Gasteiger charge is 2.40. The fourth-order valence-corrected chi connectivity index (χ4v) is 2.48. The number of ether oxygens (including phenoxy) is 1. The molecule has 19 heavy (non-hydrogen) atoms. The molecule has 3 N–H and O–H groups in total. The zero-order chi connectivity index (χ0) is 14.3. The second-order valence-corrected chi connectivity index (χ2v) is 5.12. The normalized spacial score (nSPS) is 19.7. The van der Waals surface area contributed by atoms with Gasteiger partial charge in [0.2, 0.25) is 5.91 Å². The molecular formula is C13H24N2O4. The summed E-state index contributed by atoms with van der Waals surface area (Å²) in [5.41, 5.74) is -0.596. The highest BCUT2D eigenvalue weighted by Crippen LogP contribution is 2.29. The summed E-state index contributed by atoms with van der Waals surface area (Å²) in [6.07, 6.45) is 2.51. The van der Waals surface area contributed by atoms with Crippen molar-refractivity contribution in [3.8, 4) is 0 Å². The quantitative estimate of drug-likeness (QED) is 0.623. The Morgan fingerprint density at radius 3 is 2.53 bits per heavy atom. The molecule has 1 aliphatic rings. The Hall–Kier alpha value is -1.14. The molecule has 0 saturated carbocycles. The van der Waals surface area contributed by atoms with Crippen molar-refractivity contribution >= 4 is 11.9 Å². The van der Waals surface area contributed by atoms with Crippen LogP contribution in [-0.4, -0.2) is 49.8 Å². The zero-order valence-electron chi connectivity index (χ0n) is 11.7. The maximum absolute atomic E-state index is 12.4. The molecule has 1 saturated heterocycles. The molecule has 1 atom stereocenters. The van der Waals surface area contributed by atoms with Gasteiger partial charge in [0.25, 0.3) is 0 Å². The first-order valence-electron chi connectivity index (χ1n) is 6.79. The molecule has 0 radical (unpaired) electrons. The van der Waals surface area contributed by atoms with Gasteiger partial charge in [0.15, 0.2) is 0 Å². The Morgan fingerprint density at radius 2 is 2.05 bits per heavy atom. The van der Waals surface area contributed by atoms with Crippen molar-refractivity contribution in [3.63, 3.8) is 0 Å². The summed E-state index contributed by atoms with van der Waals surface area (Å²) in [5, 5.41) is 15.0. The van der Waals surface area contributed by atoms with E-state index >= 15 is 0 Å². The molecule has 6 heteroatoms. The molecule has 0 aromatic heterocycles. The number of rotatable bonds is 7. The van der Waals surface area contributed by atoms with Crippen LogP contribution in [-0.2, 0) is 14.3 Å². The fourth-order valence-electron chi connectivity index (χ4n) is 2.48. The van der Waals surface area contributed by atoms with Gasteiger partial charge < -0.3 is 20.5 Å². The van der Waals surface area contributed by atoms with E-state index in [4.69, 9.17) is 9.84 Å². The molecule has 0 bridgehead atoms. The predicted molar refractivity (Wildman–Crippen MR) is 70.9 cm³/mol. The first-order chi connectivity index (χ1) is 9.05. The van der Waals surface area contributed by atoms with Crippen LogP contribution in [0.2, 0.25) is 0 Å². The summed E-state index contributed by atoms with van der Waals surface area (Å²) in [5.74, 6) is -1.17. The van der Waals surface area contributed by atoms with Crippen molar-refractivity contribution in [2.75, 3.05) is 26.8 Å². The van der Waals surface area contributed by atoms with Gasteiger partial charge in [-0.25, -0.2) is 4.79 Å². The van der Waals surface area contributed by atoms with Gasteiger partial charge in [-0.2, -0.15) is 0 Å².